The summed E-state index contributed by atoms with van der Waals surface area (Å²) in [5.41, 5.74) is 7.03. The first kappa shape index (κ1) is 16.4. The third kappa shape index (κ3) is 3.39. The van der Waals surface area contributed by atoms with E-state index < -0.39 is 11.9 Å². The number of nitrogen functional groups attached to an aromatic ring is 1. The number of nitrogens with zero attached hydrogens (tertiary/aromatic N) is 2. The van der Waals surface area contributed by atoms with Crippen molar-refractivity contribution in [2.75, 3.05) is 12.3 Å². The summed E-state index contributed by atoms with van der Waals surface area (Å²) in [4.78, 5) is 15.9. The number of hydrogen-bond acceptors (Lipinski definition) is 5. The summed E-state index contributed by atoms with van der Waals surface area (Å²) < 4.78 is 7.30. The summed E-state index contributed by atoms with van der Waals surface area (Å²) in [7, 11) is 0. The number of aromatic nitrogens is 2. The van der Waals surface area contributed by atoms with Crippen molar-refractivity contribution in [1.29, 1.82) is 0 Å². The van der Waals surface area contributed by atoms with Gasteiger partial charge in [-0.3, -0.25) is 4.57 Å². The van der Waals surface area contributed by atoms with Gasteiger partial charge in [-0.2, -0.15) is 4.98 Å². The van der Waals surface area contributed by atoms with Crippen LogP contribution >= 0.6 is 0 Å². The summed E-state index contributed by atoms with van der Waals surface area (Å²) in [6, 6.07) is 9.93. The van der Waals surface area contributed by atoms with Crippen molar-refractivity contribution in [3.05, 3.63) is 64.2 Å². The third-order valence-electron chi connectivity index (χ3n) is 4.28. The van der Waals surface area contributed by atoms with Gasteiger partial charge < -0.3 is 15.6 Å². The van der Waals surface area contributed by atoms with Gasteiger partial charge in [-0.25, -0.2) is 4.79 Å². The Balaban J connectivity index is 1.81. The van der Waals surface area contributed by atoms with Gasteiger partial charge >= 0.3 is 5.69 Å². The Morgan fingerprint density at radius 3 is 2.88 bits per heavy atom. The molecule has 2 heterocycles. The number of aryl methyl sites for hydroxylation is 1. The highest BCUT2D eigenvalue weighted by Gasteiger charge is 2.34. The molecule has 24 heavy (non-hydrogen) atoms. The number of anilines is 1. The van der Waals surface area contributed by atoms with Crippen molar-refractivity contribution in [2.24, 2.45) is 5.92 Å². The molecule has 0 radical (unpaired) electrons. The summed E-state index contributed by atoms with van der Waals surface area (Å²) in [6.45, 7) is 1.69. The predicted octanol–water partition coefficient (Wildman–Crippen LogP) is 1.74. The van der Waals surface area contributed by atoms with E-state index in [9.17, 15) is 9.90 Å². The molecule has 0 spiro atoms. The number of nitrogens with two attached hydrogens (primary N) is 1. The molecule has 1 aromatic heterocycles. The summed E-state index contributed by atoms with van der Waals surface area (Å²) in [5, 5.41) is 9.58. The van der Waals surface area contributed by atoms with Crippen LogP contribution in [-0.2, 0) is 4.74 Å². The summed E-state index contributed by atoms with van der Waals surface area (Å²) >= 11 is 0. The van der Waals surface area contributed by atoms with E-state index in [1.807, 2.05) is 42.5 Å². The second-order valence-electron chi connectivity index (χ2n) is 5.98. The fourth-order valence-electron chi connectivity index (χ4n) is 2.89. The van der Waals surface area contributed by atoms with E-state index in [4.69, 9.17) is 10.5 Å². The van der Waals surface area contributed by atoms with Crippen molar-refractivity contribution < 1.29 is 9.84 Å². The number of ether oxygens (including phenoxy) is 1. The smallest absolute Gasteiger partial charge is 0.351 e. The van der Waals surface area contributed by atoms with E-state index in [1.165, 1.54) is 4.57 Å². The lowest BCUT2D eigenvalue weighted by Crippen LogP contribution is -2.28. The fourth-order valence-corrected chi connectivity index (χ4v) is 2.89. The topological polar surface area (TPSA) is 90.4 Å². The molecule has 0 aliphatic carbocycles. The van der Waals surface area contributed by atoms with Gasteiger partial charge in [-0.1, -0.05) is 42.5 Å². The van der Waals surface area contributed by atoms with Crippen LogP contribution in [0.1, 0.15) is 23.8 Å². The zero-order valence-electron chi connectivity index (χ0n) is 13.5. The van der Waals surface area contributed by atoms with Crippen LogP contribution in [0.3, 0.4) is 0 Å². The van der Waals surface area contributed by atoms with Crippen LogP contribution in [0.15, 0.2) is 47.4 Å². The predicted molar refractivity (Wildman–Crippen MR) is 92.2 cm³/mol. The molecule has 1 aliphatic heterocycles. The minimum absolute atomic E-state index is 0.0185. The fraction of sp³-hybridized carbons (Fsp3) is 0.333. The van der Waals surface area contributed by atoms with Gasteiger partial charge in [0.1, 0.15) is 12.0 Å². The maximum absolute atomic E-state index is 12.1. The first-order chi connectivity index (χ1) is 11.6. The monoisotopic (exact) mass is 327 g/mol. The molecular weight excluding hydrogens is 306 g/mol. The zero-order chi connectivity index (χ0) is 17.1. The average molecular weight is 327 g/mol. The molecule has 3 N–H and O–H groups in total. The van der Waals surface area contributed by atoms with Gasteiger partial charge in [0.15, 0.2) is 0 Å². The largest absolute Gasteiger partial charge is 0.394 e. The van der Waals surface area contributed by atoms with Crippen LogP contribution in [-0.4, -0.2) is 27.4 Å². The van der Waals surface area contributed by atoms with E-state index in [0.717, 1.165) is 11.1 Å². The molecule has 1 aromatic carbocycles. The normalized spacial score (nSPS) is 23.8. The lowest BCUT2D eigenvalue weighted by atomic mass is 9.99. The maximum atomic E-state index is 12.1. The van der Waals surface area contributed by atoms with Crippen LogP contribution in [0.4, 0.5) is 5.82 Å². The van der Waals surface area contributed by atoms with Gasteiger partial charge in [0.05, 0.1) is 12.7 Å². The molecule has 0 unspecified atom stereocenters. The first-order valence-electron chi connectivity index (χ1n) is 7.93. The SMILES string of the molecule is Cc1cn([C@H]2C[C@H](C=Cc3ccccc3)[C@@H](CO)O2)c(=O)nc1N. The highest BCUT2D eigenvalue weighted by atomic mass is 16.5. The lowest BCUT2D eigenvalue weighted by molar-refractivity contribution is -0.0294. The van der Waals surface area contributed by atoms with Gasteiger partial charge in [0.25, 0.3) is 0 Å². The van der Waals surface area contributed by atoms with Crippen molar-refractivity contribution in [1.82, 2.24) is 9.55 Å². The van der Waals surface area contributed by atoms with Gasteiger partial charge in [0.2, 0.25) is 0 Å². The molecule has 1 aliphatic rings. The molecule has 3 atom stereocenters. The minimum Gasteiger partial charge on any atom is -0.394 e. The summed E-state index contributed by atoms with van der Waals surface area (Å²) in [5.74, 6) is 0.249. The van der Waals surface area contributed by atoms with E-state index in [1.54, 1.807) is 13.1 Å². The molecule has 0 saturated carbocycles. The van der Waals surface area contributed by atoms with Crippen LogP contribution < -0.4 is 11.4 Å². The standard InChI is InChI=1S/C18H21N3O3/c1-12-10-21(18(23)20-17(12)19)16-9-14(15(11-22)24-16)8-7-13-5-3-2-4-6-13/h2-8,10,14-16,22H,9,11H2,1H3,(H2,19,20,23)/t14-,15+,16+/m0/s1. The van der Waals surface area contributed by atoms with Crippen molar-refractivity contribution in [2.45, 2.75) is 25.7 Å². The molecule has 2 aromatic rings. The Bertz CT molecular complexity index is 786. The lowest BCUT2D eigenvalue weighted by Gasteiger charge is -2.15. The van der Waals surface area contributed by atoms with Gasteiger partial charge in [-0.05, 0) is 12.5 Å². The Labute approximate surface area is 140 Å². The minimum atomic E-state index is -0.452. The molecule has 0 amide bonds. The molecule has 126 valence electrons. The Hall–Kier alpha value is -2.44. The van der Waals surface area contributed by atoms with Crippen molar-refractivity contribution in [3.8, 4) is 0 Å². The molecule has 3 rings (SSSR count). The Morgan fingerprint density at radius 2 is 2.17 bits per heavy atom. The van der Waals surface area contributed by atoms with Crippen molar-refractivity contribution in [3.63, 3.8) is 0 Å². The number of benzene rings is 1. The quantitative estimate of drug-likeness (QED) is 0.893. The second kappa shape index (κ2) is 6.98. The van der Waals surface area contributed by atoms with Crippen LogP contribution in [0.5, 0.6) is 0 Å². The molecule has 6 nitrogen and oxygen atoms in total. The average Bonchev–Trinajstić information content (AvgIpc) is 3.00. The highest BCUT2D eigenvalue weighted by Crippen LogP contribution is 2.34. The Kier molecular flexibility index (Phi) is 4.78. The number of aliphatic hydroxyl groups is 1. The summed E-state index contributed by atoms with van der Waals surface area (Å²) in [6.07, 6.45) is 5.49. The third-order valence-corrected chi connectivity index (χ3v) is 4.28. The molecule has 1 fully saturated rings. The molecule has 1 saturated heterocycles. The number of rotatable bonds is 4. The maximum Gasteiger partial charge on any atom is 0.351 e. The van der Waals surface area contributed by atoms with Crippen LogP contribution in [0, 0.1) is 12.8 Å². The first-order valence-corrected chi connectivity index (χ1v) is 7.93. The molecular formula is C18H21N3O3. The van der Waals surface area contributed by atoms with E-state index in [2.05, 4.69) is 4.98 Å². The molecule has 6 heteroatoms. The zero-order valence-corrected chi connectivity index (χ0v) is 13.5. The Morgan fingerprint density at radius 1 is 1.42 bits per heavy atom. The van der Waals surface area contributed by atoms with Gasteiger partial charge in [0, 0.05) is 24.1 Å². The van der Waals surface area contributed by atoms with Crippen molar-refractivity contribution >= 4 is 11.9 Å². The van der Waals surface area contributed by atoms with Crippen LogP contribution in [0.2, 0.25) is 0 Å². The highest BCUT2D eigenvalue weighted by molar-refractivity contribution is 5.49. The van der Waals surface area contributed by atoms with E-state index in [-0.39, 0.29) is 24.4 Å². The molecule has 0 bridgehead atoms. The number of hydrogen-bond donors (Lipinski definition) is 2. The van der Waals surface area contributed by atoms with E-state index in [0.29, 0.717) is 6.42 Å². The second-order valence-corrected chi connectivity index (χ2v) is 5.98. The van der Waals surface area contributed by atoms with E-state index >= 15 is 0 Å². The van der Waals surface area contributed by atoms with Gasteiger partial charge in [-0.15, -0.1) is 0 Å². The van der Waals surface area contributed by atoms with Crippen LogP contribution in [0.25, 0.3) is 6.08 Å². The number of aliphatic hydroxyl groups excluding tert-OH is 1.